The molecule has 8 rings (SSSR count). The van der Waals surface area contributed by atoms with Gasteiger partial charge in [-0.05, 0) is 56.5 Å². The Hall–Kier alpha value is -2.61. The zero-order valence-corrected chi connectivity index (χ0v) is 19.2. The molecule has 6 atom stereocenters. The summed E-state index contributed by atoms with van der Waals surface area (Å²) >= 11 is 0. The van der Waals surface area contributed by atoms with Crippen LogP contribution in [-0.2, 0) is 32.6 Å². The Labute approximate surface area is 198 Å². The fraction of sp³-hybridized carbons (Fsp3) is 0.519. The maximum Gasteiger partial charge on any atom is 0.254 e. The van der Waals surface area contributed by atoms with Crippen LogP contribution in [0, 0.1) is 5.92 Å². The van der Waals surface area contributed by atoms with Crippen LogP contribution in [0.1, 0.15) is 36.0 Å². The minimum absolute atomic E-state index is 0.00177. The van der Waals surface area contributed by atoms with Crippen LogP contribution in [0.2, 0.25) is 0 Å². The summed E-state index contributed by atoms with van der Waals surface area (Å²) in [5.41, 5.74) is 1.66. The number of rotatable bonds is 2. The van der Waals surface area contributed by atoms with Crippen LogP contribution in [0.4, 0.5) is 0 Å². The maximum atomic E-state index is 14.1. The molecule has 4 heterocycles. The van der Waals surface area contributed by atoms with E-state index in [0.717, 1.165) is 43.4 Å². The quantitative estimate of drug-likeness (QED) is 0.743. The molecule has 5 unspecified atom stereocenters. The third-order valence-electron chi connectivity index (χ3n) is 9.94. The Bertz CT molecular complexity index is 1240. The van der Waals surface area contributed by atoms with Gasteiger partial charge in [-0.15, -0.1) is 0 Å². The van der Waals surface area contributed by atoms with E-state index in [0.29, 0.717) is 12.3 Å². The van der Waals surface area contributed by atoms with E-state index in [2.05, 4.69) is 24.1 Å². The number of carbonyl (C=O) groups is 1. The first kappa shape index (κ1) is 19.7. The molecule has 3 saturated heterocycles. The average Bonchev–Trinajstić information content (AvgIpc) is 3.20. The molecular weight excluding hydrogens is 432 g/mol. The van der Waals surface area contributed by atoms with Crippen molar-refractivity contribution in [1.82, 2.24) is 9.80 Å². The minimum atomic E-state index is -0.782. The highest BCUT2D eigenvalue weighted by Gasteiger charge is 2.84. The Morgan fingerprint density at radius 1 is 1.12 bits per heavy atom. The molecule has 7 nitrogen and oxygen atoms in total. The molecule has 34 heavy (non-hydrogen) atoms. The van der Waals surface area contributed by atoms with Crippen molar-refractivity contribution in [3.63, 3.8) is 0 Å². The molecule has 4 aliphatic heterocycles. The van der Waals surface area contributed by atoms with Crippen molar-refractivity contribution >= 4 is 5.91 Å². The molecule has 4 fully saturated rings. The van der Waals surface area contributed by atoms with Crippen molar-refractivity contribution in [2.75, 3.05) is 20.4 Å². The lowest BCUT2D eigenvalue weighted by molar-refractivity contribution is -0.258. The molecule has 176 valence electrons. The highest BCUT2D eigenvalue weighted by Crippen LogP contribution is 2.74. The van der Waals surface area contributed by atoms with Gasteiger partial charge in [0.1, 0.15) is 6.10 Å². The third-order valence-corrected chi connectivity index (χ3v) is 9.94. The van der Waals surface area contributed by atoms with Gasteiger partial charge in [0.05, 0.1) is 11.5 Å². The number of phenolic OH excluding ortho intramolecular Hbond substituents is 1. The van der Waals surface area contributed by atoms with E-state index in [9.17, 15) is 9.90 Å². The Morgan fingerprint density at radius 2 is 1.97 bits per heavy atom. The molecule has 0 aromatic heterocycles. The first-order valence-electron chi connectivity index (χ1n) is 12.4. The van der Waals surface area contributed by atoms with Gasteiger partial charge >= 0.3 is 0 Å². The van der Waals surface area contributed by atoms with E-state index in [1.54, 1.807) is 6.07 Å². The smallest absolute Gasteiger partial charge is 0.254 e. The number of ether oxygens (including phenoxy) is 3. The number of carbonyl (C=O) groups excluding carboxylic acids is 1. The SMILES string of the molecule is CN1CCC23c4c5ccc(O)c4OCOC46CCC2(O[C@H](C(=O)N4Cc2ccccc2)C63)C1C5. The van der Waals surface area contributed by atoms with E-state index in [4.69, 9.17) is 14.2 Å². The highest BCUT2D eigenvalue weighted by atomic mass is 16.7. The van der Waals surface area contributed by atoms with Crippen LogP contribution in [0.15, 0.2) is 42.5 Å². The fourth-order valence-corrected chi connectivity index (χ4v) is 8.80. The largest absolute Gasteiger partial charge is 0.504 e. The number of piperidine rings is 1. The second kappa shape index (κ2) is 6.14. The summed E-state index contributed by atoms with van der Waals surface area (Å²) in [7, 11) is 2.18. The first-order chi connectivity index (χ1) is 16.5. The van der Waals surface area contributed by atoms with E-state index in [1.807, 2.05) is 29.2 Å². The summed E-state index contributed by atoms with van der Waals surface area (Å²) in [5.74, 6) is 0.559. The number of hydrogen-bond donors (Lipinski definition) is 1. The van der Waals surface area contributed by atoms with Gasteiger partial charge in [0, 0.05) is 23.6 Å². The van der Waals surface area contributed by atoms with Gasteiger partial charge in [-0.25, -0.2) is 0 Å². The molecule has 6 aliphatic rings. The monoisotopic (exact) mass is 460 g/mol. The lowest BCUT2D eigenvalue weighted by Gasteiger charge is -2.66. The van der Waals surface area contributed by atoms with E-state index < -0.39 is 22.8 Å². The van der Waals surface area contributed by atoms with Crippen LogP contribution < -0.4 is 4.74 Å². The molecular formula is C27H28N2O5. The van der Waals surface area contributed by atoms with Gasteiger partial charge in [0.15, 0.2) is 24.0 Å². The maximum absolute atomic E-state index is 14.1. The zero-order chi connectivity index (χ0) is 22.9. The second-order valence-electron chi connectivity index (χ2n) is 10.9. The Morgan fingerprint density at radius 3 is 2.82 bits per heavy atom. The number of aromatic hydroxyl groups is 1. The predicted molar refractivity (Wildman–Crippen MR) is 121 cm³/mol. The van der Waals surface area contributed by atoms with Gasteiger partial charge in [-0.1, -0.05) is 36.4 Å². The summed E-state index contributed by atoms with van der Waals surface area (Å²) in [4.78, 5) is 18.4. The van der Waals surface area contributed by atoms with Crippen molar-refractivity contribution in [3.8, 4) is 11.5 Å². The van der Waals surface area contributed by atoms with Crippen LogP contribution >= 0.6 is 0 Å². The van der Waals surface area contributed by atoms with E-state index in [-0.39, 0.29) is 30.4 Å². The first-order valence-corrected chi connectivity index (χ1v) is 12.4. The number of hydrogen-bond acceptors (Lipinski definition) is 6. The minimum Gasteiger partial charge on any atom is -0.504 e. The highest BCUT2D eigenvalue weighted by molar-refractivity contribution is 5.87. The van der Waals surface area contributed by atoms with Gasteiger partial charge in [-0.2, -0.15) is 0 Å². The van der Waals surface area contributed by atoms with Crippen LogP contribution in [-0.4, -0.2) is 64.7 Å². The third kappa shape index (κ3) is 1.94. The number of phenols is 1. The molecule has 1 amide bonds. The molecule has 0 radical (unpaired) electrons. The van der Waals surface area contributed by atoms with Gasteiger partial charge in [0.25, 0.3) is 5.91 Å². The number of benzene rings is 2. The number of likely N-dealkylation sites (tertiary alicyclic amines) is 2. The average molecular weight is 461 g/mol. The van der Waals surface area contributed by atoms with Crippen LogP contribution in [0.5, 0.6) is 11.5 Å². The summed E-state index contributed by atoms with van der Waals surface area (Å²) in [6.45, 7) is 1.40. The van der Waals surface area contributed by atoms with Crippen molar-refractivity contribution in [3.05, 3.63) is 59.2 Å². The van der Waals surface area contributed by atoms with E-state index >= 15 is 0 Å². The van der Waals surface area contributed by atoms with Crippen molar-refractivity contribution in [2.24, 2.45) is 5.92 Å². The number of nitrogens with zero attached hydrogens (tertiary/aromatic N) is 2. The summed E-state index contributed by atoms with van der Waals surface area (Å²) in [6.07, 6.45) is 2.69. The predicted octanol–water partition coefficient (Wildman–Crippen LogP) is 2.54. The molecule has 1 spiro atoms. The van der Waals surface area contributed by atoms with E-state index in [1.165, 1.54) is 5.56 Å². The molecule has 2 aliphatic carbocycles. The molecule has 5 bridgehead atoms. The number of likely N-dealkylation sites (N-methyl/N-ethyl adjacent to an activating group) is 1. The molecule has 7 heteroatoms. The lowest BCUT2D eigenvalue weighted by Crippen LogP contribution is -2.76. The van der Waals surface area contributed by atoms with Crippen LogP contribution in [0.25, 0.3) is 0 Å². The normalized spacial score (nSPS) is 41.1. The lowest BCUT2D eigenvalue weighted by atomic mass is 9.45. The van der Waals surface area contributed by atoms with Gasteiger partial charge in [0.2, 0.25) is 0 Å². The fourth-order valence-electron chi connectivity index (χ4n) is 8.80. The van der Waals surface area contributed by atoms with Crippen molar-refractivity contribution in [1.29, 1.82) is 0 Å². The number of amides is 1. The standard InChI is InChI=1S/C27H28N2O5/c1-28-12-11-25-20-17-7-8-18(30)21(20)32-15-33-27-10-9-26(25,19(28)13-17)34-22(23(25)27)24(31)29(27)14-16-5-3-2-4-6-16/h2-8,19,22-23,30H,9-15H2,1H3/t19?,22-,23?,25?,26?,27?/m0/s1. The summed E-state index contributed by atoms with van der Waals surface area (Å²) in [6, 6.07) is 14.1. The molecule has 2 aromatic rings. The topological polar surface area (TPSA) is 71.5 Å². The molecule has 1 saturated carbocycles. The van der Waals surface area contributed by atoms with Crippen LogP contribution in [0.3, 0.4) is 0 Å². The Balaban J connectivity index is 1.40. The van der Waals surface area contributed by atoms with Crippen molar-refractivity contribution in [2.45, 2.75) is 61.1 Å². The summed E-state index contributed by atoms with van der Waals surface area (Å²) < 4.78 is 19.9. The second-order valence-corrected chi connectivity index (χ2v) is 10.9. The molecule has 2 aromatic carbocycles. The van der Waals surface area contributed by atoms with Gasteiger partial charge in [-0.3, -0.25) is 4.79 Å². The summed E-state index contributed by atoms with van der Waals surface area (Å²) in [5, 5.41) is 10.9. The molecule has 1 N–H and O–H groups in total. The zero-order valence-electron chi connectivity index (χ0n) is 19.2. The van der Waals surface area contributed by atoms with Crippen molar-refractivity contribution < 1.29 is 24.1 Å². The van der Waals surface area contributed by atoms with Gasteiger partial charge < -0.3 is 29.1 Å². The Kier molecular flexibility index (Phi) is 3.55.